The summed E-state index contributed by atoms with van der Waals surface area (Å²) in [6, 6.07) is 17.9. The summed E-state index contributed by atoms with van der Waals surface area (Å²) >= 11 is 2.76. The van der Waals surface area contributed by atoms with Crippen LogP contribution in [-0.4, -0.2) is 86.0 Å². The SMILES string of the molecule is Cc1cc(C)nc(SCC(=O)Nc2ncc(Cc3cccc(OCc4cn(Cc5ccc(OCCN6CCOCC6)cc5)nn4)c3)s2)n1. The Morgan fingerprint density at radius 2 is 1.81 bits per heavy atom. The molecule has 1 N–H and O–H groups in total. The first-order chi connectivity index (χ1) is 23.4. The first-order valence-electron chi connectivity index (χ1n) is 15.8. The van der Waals surface area contributed by atoms with Crippen LogP contribution in [0.25, 0.3) is 0 Å². The number of anilines is 1. The molecule has 6 rings (SSSR count). The maximum atomic E-state index is 12.5. The van der Waals surface area contributed by atoms with Crippen molar-refractivity contribution < 1.29 is 19.0 Å². The predicted molar refractivity (Wildman–Crippen MR) is 185 cm³/mol. The molecule has 250 valence electrons. The van der Waals surface area contributed by atoms with Gasteiger partial charge < -0.3 is 19.5 Å². The van der Waals surface area contributed by atoms with Gasteiger partial charge in [0.1, 0.15) is 30.4 Å². The molecule has 12 nitrogen and oxygen atoms in total. The summed E-state index contributed by atoms with van der Waals surface area (Å²) in [6.07, 6.45) is 4.36. The summed E-state index contributed by atoms with van der Waals surface area (Å²) in [4.78, 5) is 29.0. The normalized spacial score (nSPS) is 13.4. The number of morpholine rings is 1. The summed E-state index contributed by atoms with van der Waals surface area (Å²) in [5.41, 5.74) is 4.69. The molecule has 1 fully saturated rings. The second-order valence-corrected chi connectivity index (χ2v) is 13.4. The molecule has 0 saturated carbocycles. The lowest BCUT2D eigenvalue weighted by Gasteiger charge is -2.26. The van der Waals surface area contributed by atoms with Crippen LogP contribution in [0.3, 0.4) is 0 Å². The van der Waals surface area contributed by atoms with E-state index in [4.69, 9.17) is 14.2 Å². The summed E-state index contributed by atoms with van der Waals surface area (Å²) in [6.45, 7) is 9.82. The molecule has 0 aliphatic carbocycles. The molecule has 5 aromatic rings. The molecule has 1 aliphatic rings. The van der Waals surface area contributed by atoms with Gasteiger partial charge in [-0.15, -0.1) is 16.4 Å². The van der Waals surface area contributed by atoms with Crippen molar-refractivity contribution >= 4 is 34.1 Å². The van der Waals surface area contributed by atoms with E-state index >= 15 is 0 Å². The molecule has 0 bridgehead atoms. The van der Waals surface area contributed by atoms with Crippen molar-refractivity contribution in [2.45, 2.75) is 38.6 Å². The quantitative estimate of drug-likeness (QED) is 0.120. The third-order valence-corrected chi connectivity index (χ3v) is 9.15. The minimum absolute atomic E-state index is 0.144. The van der Waals surface area contributed by atoms with Crippen LogP contribution in [0.5, 0.6) is 11.5 Å². The van der Waals surface area contributed by atoms with Crippen LogP contribution in [0.1, 0.15) is 33.1 Å². The fourth-order valence-corrected chi connectivity index (χ4v) is 6.68. The Hall–Kier alpha value is -4.37. The van der Waals surface area contributed by atoms with Gasteiger partial charge in [-0.05, 0) is 55.3 Å². The van der Waals surface area contributed by atoms with Gasteiger partial charge >= 0.3 is 0 Å². The van der Waals surface area contributed by atoms with Crippen molar-refractivity contribution in [3.63, 3.8) is 0 Å². The van der Waals surface area contributed by atoms with Gasteiger partial charge in [-0.25, -0.2) is 19.6 Å². The summed E-state index contributed by atoms with van der Waals surface area (Å²) in [5, 5.41) is 12.6. The number of hydrogen-bond donors (Lipinski definition) is 1. The molecule has 0 spiro atoms. The van der Waals surface area contributed by atoms with Crippen LogP contribution < -0.4 is 14.8 Å². The number of nitrogens with zero attached hydrogens (tertiary/aromatic N) is 7. The van der Waals surface area contributed by atoms with Crippen molar-refractivity contribution in [3.05, 3.63) is 100 Å². The zero-order valence-corrected chi connectivity index (χ0v) is 28.6. The van der Waals surface area contributed by atoms with E-state index in [1.54, 1.807) is 10.9 Å². The molecule has 1 saturated heterocycles. The van der Waals surface area contributed by atoms with Crippen LogP contribution >= 0.6 is 23.1 Å². The molecule has 0 unspecified atom stereocenters. The van der Waals surface area contributed by atoms with E-state index in [2.05, 4.69) is 47.6 Å². The molecule has 0 radical (unpaired) electrons. The van der Waals surface area contributed by atoms with Crippen LogP contribution in [0, 0.1) is 13.8 Å². The molecule has 0 atom stereocenters. The molecule has 3 aromatic heterocycles. The highest BCUT2D eigenvalue weighted by Crippen LogP contribution is 2.24. The number of aromatic nitrogens is 6. The second kappa shape index (κ2) is 16.6. The summed E-state index contributed by atoms with van der Waals surface area (Å²) in [5.74, 6) is 1.67. The highest BCUT2D eigenvalue weighted by molar-refractivity contribution is 7.99. The van der Waals surface area contributed by atoms with Gasteiger partial charge in [0.05, 0.1) is 31.7 Å². The van der Waals surface area contributed by atoms with Crippen molar-refractivity contribution in [2.75, 3.05) is 50.5 Å². The van der Waals surface area contributed by atoms with Gasteiger partial charge in [-0.1, -0.05) is 41.2 Å². The third-order valence-electron chi connectivity index (χ3n) is 7.39. The Morgan fingerprint density at radius 1 is 1.00 bits per heavy atom. The number of rotatable bonds is 15. The lowest BCUT2D eigenvalue weighted by Crippen LogP contribution is -2.38. The van der Waals surface area contributed by atoms with E-state index in [0.717, 1.165) is 77.4 Å². The third kappa shape index (κ3) is 10.3. The van der Waals surface area contributed by atoms with Crippen LogP contribution in [0.4, 0.5) is 5.13 Å². The molecule has 4 heterocycles. The van der Waals surface area contributed by atoms with Gasteiger partial charge in [0.25, 0.3) is 0 Å². The highest BCUT2D eigenvalue weighted by Gasteiger charge is 2.12. The minimum Gasteiger partial charge on any atom is -0.492 e. The molecule has 48 heavy (non-hydrogen) atoms. The Morgan fingerprint density at radius 3 is 2.62 bits per heavy atom. The van der Waals surface area contributed by atoms with Crippen molar-refractivity contribution in [1.29, 1.82) is 0 Å². The molecular weight excluding hydrogens is 649 g/mol. The van der Waals surface area contributed by atoms with Crippen molar-refractivity contribution in [3.8, 4) is 11.5 Å². The maximum absolute atomic E-state index is 12.5. The molecule has 14 heteroatoms. The van der Waals surface area contributed by atoms with E-state index in [-0.39, 0.29) is 11.7 Å². The molecule has 1 amide bonds. The predicted octanol–water partition coefficient (Wildman–Crippen LogP) is 4.80. The Balaban J connectivity index is 0.926. The zero-order chi connectivity index (χ0) is 33.1. The summed E-state index contributed by atoms with van der Waals surface area (Å²) in [7, 11) is 0. The standard InChI is InChI=1S/C34H38N8O4S2/c1-24-16-25(2)37-34(36-24)47-23-32(43)38-33-35-19-31(48-33)18-27-4-3-5-30(17-27)46-22-28-21-42(40-39-28)20-26-6-8-29(9-7-26)45-15-12-41-10-13-44-14-11-41/h3-9,16-17,19,21H,10-15,18,20,22-23H2,1-2H3,(H,35,38,43). The maximum Gasteiger partial charge on any atom is 0.236 e. The number of thiazole rings is 1. The van der Waals surface area contributed by atoms with Gasteiger partial charge in [-0.2, -0.15) is 0 Å². The van der Waals surface area contributed by atoms with E-state index in [0.29, 0.717) is 36.5 Å². The molecule has 2 aromatic carbocycles. The first kappa shape index (κ1) is 33.5. The lowest BCUT2D eigenvalue weighted by atomic mass is 10.1. The van der Waals surface area contributed by atoms with Crippen molar-refractivity contribution in [2.24, 2.45) is 0 Å². The largest absolute Gasteiger partial charge is 0.492 e. The van der Waals surface area contributed by atoms with E-state index in [9.17, 15) is 4.79 Å². The summed E-state index contributed by atoms with van der Waals surface area (Å²) < 4.78 is 19.2. The van der Waals surface area contributed by atoms with Crippen molar-refractivity contribution in [1.82, 2.24) is 34.8 Å². The van der Waals surface area contributed by atoms with Crippen LogP contribution in [0.15, 0.2) is 72.1 Å². The lowest BCUT2D eigenvalue weighted by molar-refractivity contribution is -0.113. The fraction of sp³-hybridized carbons (Fsp3) is 0.353. The number of ether oxygens (including phenoxy) is 3. The number of benzene rings is 2. The van der Waals surface area contributed by atoms with Gasteiger partial charge in [0, 0.05) is 48.5 Å². The fourth-order valence-electron chi connectivity index (χ4n) is 5.07. The number of amides is 1. The van der Waals surface area contributed by atoms with Gasteiger partial charge in [0.2, 0.25) is 5.91 Å². The number of nitrogens with one attached hydrogen (secondary N) is 1. The van der Waals surface area contributed by atoms with Crippen LogP contribution in [-0.2, 0) is 29.1 Å². The smallest absolute Gasteiger partial charge is 0.236 e. The second-order valence-electron chi connectivity index (χ2n) is 11.4. The monoisotopic (exact) mass is 686 g/mol. The first-order valence-corrected chi connectivity index (χ1v) is 17.6. The zero-order valence-electron chi connectivity index (χ0n) is 27.0. The van der Waals surface area contributed by atoms with Gasteiger partial charge in [-0.3, -0.25) is 9.69 Å². The number of thioether (sulfide) groups is 1. The van der Waals surface area contributed by atoms with Crippen LogP contribution in [0.2, 0.25) is 0 Å². The Labute approximate surface area is 287 Å². The topological polar surface area (TPSA) is 129 Å². The minimum atomic E-state index is -0.144. The molecule has 1 aliphatic heterocycles. The molecular formula is C34H38N8O4S2. The van der Waals surface area contributed by atoms with E-state index < -0.39 is 0 Å². The Kier molecular flexibility index (Phi) is 11.6. The Bertz CT molecular complexity index is 1770. The average molecular weight is 687 g/mol. The number of aryl methyl sites for hydroxylation is 2. The number of hydrogen-bond acceptors (Lipinski definition) is 12. The van der Waals surface area contributed by atoms with Gasteiger partial charge in [0.15, 0.2) is 10.3 Å². The van der Waals surface area contributed by atoms with E-state index in [1.165, 1.54) is 23.1 Å². The highest BCUT2D eigenvalue weighted by atomic mass is 32.2. The number of carbonyl (C=O) groups excluding carboxylic acids is 1. The average Bonchev–Trinajstić information content (AvgIpc) is 3.73. The number of carbonyl (C=O) groups is 1. The van der Waals surface area contributed by atoms with E-state index in [1.807, 2.05) is 62.5 Å².